The molecule has 1 saturated heterocycles. The molecule has 1 aliphatic heterocycles. The number of methoxy groups -OCH3 is 2. The predicted octanol–water partition coefficient (Wildman–Crippen LogP) is 5.85. The number of anilines is 1. The maximum absolute atomic E-state index is 13.1. The lowest BCUT2D eigenvalue weighted by molar-refractivity contribution is -0.113. The first kappa shape index (κ1) is 23.3. The van der Waals surface area contributed by atoms with E-state index in [1.807, 2.05) is 30.3 Å². The SMILES string of the molecule is COc1ccc(N2C(=O)/C(=C\c3cc(Br)c(OCc4ccccn4)c(OC)c3)SC2=S)cc1. The predicted molar refractivity (Wildman–Crippen MR) is 138 cm³/mol. The van der Waals surface area contributed by atoms with Crippen LogP contribution < -0.4 is 19.1 Å². The van der Waals surface area contributed by atoms with Crippen molar-refractivity contribution in [3.63, 3.8) is 0 Å². The number of ether oxygens (including phenoxy) is 3. The van der Waals surface area contributed by atoms with Gasteiger partial charge < -0.3 is 14.2 Å². The van der Waals surface area contributed by atoms with Gasteiger partial charge in [0.1, 0.15) is 12.4 Å². The third-order valence-electron chi connectivity index (χ3n) is 4.76. The summed E-state index contributed by atoms with van der Waals surface area (Å²) in [6, 6.07) is 16.5. The van der Waals surface area contributed by atoms with Crippen LogP contribution >= 0.6 is 39.9 Å². The van der Waals surface area contributed by atoms with Crippen LogP contribution in [0.1, 0.15) is 11.3 Å². The molecule has 0 N–H and O–H groups in total. The second-order valence-electron chi connectivity index (χ2n) is 6.86. The lowest BCUT2D eigenvalue weighted by Gasteiger charge is -2.15. The smallest absolute Gasteiger partial charge is 0.270 e. The summed E-state index contributed by atoms with van der Waals surface area (Å²) in [7, 11) is 3.17. The normalized spacial score (nSPS) is 14.6. The number of carbonyl (C=O) groups excluding carboxylic acids is 1. The fourth-order valence-corrected chi connectivity index (χ4v) is 5.04. The van der Waals surface area contributed by atoms with Gasteiger partial charge in [0.05, 0.1) is 35.0 Å². The molecule has 1 amide bonds. The van der Waals surface area contributed by atoms with Crippen molar-refractivity contribution in [1.29, 1.82) is 0 Å². The van der Waals surface area contributed by atoms with Gasteiger partial charge in [-0.2, -0.15) is 0 Å². The maximum atomic E-state index is 13.1. The van der Waals surface area contributed by atoms with Gasteiger partial charge >= 0.3 is 0 Å². The molecule has 2 heterocycles. The van der Waals surface area contributed by atoms with Gasteiger partial charge in [-0.3, -0.25) is 14.7 Å². The number of amides is 1. The van der Waals surface area contributed by atoms with E-state index in [4.69, 9.17) is 26.4 Å². The molecule has 1 fully saturated rings. The molecule has 1 aliphatic rings. The van der Waals surface area contributed by atoms with Crippen molar-refractivity contribution in [2.45, 2.75) is 6.61 Å². The van der Waals surface area contributed by atoms with E-state index in [0.29, 0.717) is 43.2 Å². The van der Waals surface area contributed by atoms with Crippen molar-refractivity contribution in [2.75, 3.05) is 19.1 Å². The molecule has 0 spiro atoms. The summed E-state index contributed by atoms with van der Waals surface area (Å²) in [6.07, 6.45) is 3.51. The Morgan fingerprint density at radius 1 is 1.12 bits per heavy atom. The third kappa shape index (κ3) is 5.21. The highest BCUT2D eigenvalue weighted by Gasteiger charge is 2.33. The Kier molecular flexibility index (Phi) is 7.32. The molecule has 2 aromatic carbocycles. The van der Waals surface area contributed by atoms with Crippen molar-refractivity contribution < 1.29 is 19.0 Å². The van der Waals surface area contributed by atoms with Crippen molar-refractivity contribution in [3.8, 4) is 17.2 Å². The van der Waals surface area contributed by atoms with Crippen LogP contribution in [0.5, 0.6) is 17.2 Å². The summed E-state index contributed by atoms with van der Waals surface area (Å²) in [5, 5.41) is 0. The summed E-state index contributed by atoms with van der Waals surface area (Å²) in [6.45, 7) is 0.301. The van der Waals surface area contributed by atoms with Crippen LogP contribution in [-0.4, -0.2) is 29.4 Å². The fourth-order valence-electron chi connectivity index (χ4n) is 3.17. The average Bonchev–Trinajstić information content (AvgIpc) is 3.11. The molecule has 168 valence electrons. The zero-order valence-corrected chi connectivity index (χ0v) is 21.0. The molecule has 6 nitrogen and oxygen atoms in total. The first-order chi connectivity index (χ1) is 16.0. The van der Waals surface area contributed by atoms with E-state index < -0.39 is 0 Å². The number of pyridine rings is 1. The van der Waals surface area contributed by atoms with Crippen LogP contribution in [0.3, 0.4) is 0 Å². The van der Waals surface area contributed by atoms with E-state index in [-0.39, 0.29) is 5.91 Å². The molecule has 0 unspecified atom stereocenters. The van der Waals surface area contributed by atoms with E-state index in [0.717, 1.165) is 11.3 Å². The molecule has 33 heavy (non-hydrogen) atoms. The van der Waals surface area contributed by atoms with Gasteiger partial charge in [0.15, 0.2) is 15.8 Å². The first-order valence-electron chi connectivity index (χ1n) is 9.82. The van der Waals surface area contributed by atoms with E-state index in [2.05, 4.69) is 20.9 Å². The second-order valence-corrected chi connectivity index (χ2v) is 9.39. The second kappa shape index (κ2) is 10.4. The first-order valence-corrected chi connectivity index (χ1v) is 11.8. The monoisotopic (exact) mass is 542 g/mol. The minimum Gasteiger partial charge on any atom is -0.497 e. The van der Waals surface area contributed by atoms with E-state index >= 15 is 0 Å². The third-order valence-corrected chi connectivity index (χ3v) is 6.66. The Bertz CT molecular complexity index is 1220. The number of benzene rings is 2. The number of aromatic nitrogens is 1. The van der Waals surface area contributed by atoms with Crippen LogP contribution in [0.2, 0.25) is 0 Å². The van der Waals surface area contributed by atoms with Crippen molar-refractivity contribution in [2.24, 2.45) is 0 Å². The van der Waals surface area contributed by atoms with Gasteiger partial charge in [0, 0.05) is 6.20 Å². The molecule has 9 heteroatoms. The number of thioether (sulfide) groups is 1. The Balaban J connectivity index is 1.57. The largest absolute Gasteiger partial charge is 0.497 e. The van der Waals surface area contributed by atoms with Gasteiger partial charge in [-0.05, 0) is 76.1 Å². The molecule has 4 rings (SSSR count). The minimum absolute atomic E-state index is 0.180. The molecular formula is C24H19BrN2O4S2. The summed E-state index contributed by atoms with van der Waals surface area (Å²) < 4.78 is 17.8. The van der Waals surface area contributed by atoms with E-state index in [9.17, 15) is 4.79 Å². The highest BCUT2D eigenvalue weighted by molar-refractivity contribution is 9.10. The van der Waals surface area contributed by atoms with Crippen molar-refractivity contribution in [1.82, 2.24) is 4.98 Å². The summed E-state index contributed by atoms with van der Waals surface area (Å²) >= 11 is 10.3. The van der Waals surface area contributed by atoms with Gasteiger partial charge in [-0.25, -0.2) is 0 Å². The van der Waals surface area contributed by atoms with Gasteiger partial charge in [0.25, 0.3) is 5.91 Å². The Morgan fingerprint density at radius 2 is 1.91 bits per heavy atom. The van der Waals surface area contributed by atoms with Gasteiger partial charge in [-0.15, -0.1) is 0 Å². The van der Waals surface area contributed by atoms with Crippen LogP contribution in [-0.2, 0) is 11.4 Å². The summed E-state index contributed by atoms with van der Waals surface area (Å²) in [5.74, 6) is 1.63. The van der Waals surface area contributed by atoms with Crippen molar-refractivity contribution >= 4 is 61.9 Å². The lowest BCUT2D eigenvalue weighted by Crippen LogP contribution is -2.27. The topological polar surface area (TPSA) is 60.9 Å². The fraction of sp³-hybridized carbons (Fsp3) is 0.125. The molecule has 0 radical (unpaired) electrons. The quantitative estimate of drug-likeness (QED) is 0.274. The average molecular weight is 543 g/mol. The van der Waals surface area contributed by atoms with Crippen LogP contribution in [0.15, 0.2) is 70.2 Å². The number of thiocarbonyl (C=S) groups is 1. The molecule has 0 aliphatic carbocycles. The standard InChI is InChI=1S/C24H19BrN2O4S2/c1-29-18-8-6-17(7-9-18)27-23(28)21(33-24(27)32)13-15-11-19(25)22(20(12-15)30-2)31-14-16-5-3-4-10-26-16/h3-13H,14H2,1-2H3/b21-13+. The number of hydrogen-bond acceptors (Lipinski definition) is 7. The number of rotatable bonds is 7. The van der Waals surface area contributed by atoms with E-state index in [1.165, 1.54) is 16.7 Å². The maximum Gasteiger partial charge on any atom is 0.270 e. The molecule has 0 bridgehead atoms. The molecule has 0 atom stereocenters. The Morgan fingerprint density at radius 3 is 2.58 bits per heavy atom. The minimum atomic E-state index is -0.180. The Labute approximate surface area is 209 Å². The van der Waals surface area contributed by atoms with Gasteiger partial charge in [0.2, 0.25) is 0 Å². The zero-order chi connectivity index (χ0) is 23.4. The molecule has 0 saturated carbocycles. The molecule has 1 aromatic heterocycles. The number of hydrogen-bond donors (Lipinski definition) is 0. The molecule has 3 aromatic rings. The highest BCUT2D eigenvalue weighted by Crippen LogP contribution is 2.40. The van der Waals surface area contributed by atoms with Gasteiger partial charge in [-0.1, -0.05) is 30.0 Å². The zero-order valence-electron chi connectivity index (χ0n) is 17.8. The van der Waals surface area contributed by atoms with Crippen LogP contribution in [0.4, 0.5) is 5.69 Å². The highest BCUT2D eigenvalue weighted by atomic mass is 79.9. The molecular weight excluding hydrogens is 524 g/mol. The summed E-state index contributed by atoms with van der Waals surface area (Å²) in [5.41, 5.74) is 2.27. The van der Waals surface area contributed by atoms with Crippen LogP contribution in [0.25, 0.3) is 6.08 Å². The number of carbonyl (C=O) groups is 1. The van der Waals surface area contributed by atoms with E-state index in [1.54, 1.807) is 50.8 Å². The number of halogens is 1. The lowest BCUT2D eigenvalue weighted by atomic mass is 10.1. The van der Waals surface area contributed by atoms with Crippen LogP contribution in [0, 0.1) is 0 Å². The Hall–Kier alpha value is -2.88. The number of nitrogens with zero attached hydrogens (tertiary/aromatic N) is 2. The van der Waals surface area contributed by atoms with Crippen molar-refractivity contribution in [3.05, 3.63) is 81.4 Å². The summed E-state index contributed by atoms with van der Waals surface area (Å²) in [4.78, 5) is 19.4.